The molecule has 0 radical (unpaired) electrons. The second-order valence-electron chi connectivity index (χ2n) is 10.1. The third-order valence-electron chi connectivity index (χ3n) is 7.88. The minimum atomic E-state index is -1.57. The number of nitrogens with one attached hydrogen (secondary N) is 2. The van der Waals surface area contributed by atoms with E-state index in [1.54, 1.807) is 30.3 Å². The molecule has 5 amide bonds. The van der Waals surface area contributed by atoms with Crippen LogP contribution in [0.2, 0.25) is 0 Å². The number of rotatable bonds is 6. The van der Waals surface area contributed by atoms with Gasteiger partial charge in [-0.25, -0.2) is 9.78 Å². The fraction of sp³-hybridized carbons (Fsp3) is 0.423. The van der Waals surface area contributed by atoms with E-state index in [9.17, 15) is 24.3 Å². The van der Waals surface area contributed by atoms with E-state index in [1.165, 1.54) is 16.9 Å². The minimum absolute atomic E-state index is 0.118. The standard InChI is InChI=1S/C26H27N5O7/c1-13-21-18(6-7-19(27-21)31-15(11-32)4-8-20(31)33)38-22(13)26(24(35)28-25(36)29-26)12-30-10-14-3-5-16(37-2)9-17(14)23(30)34/h3,5-7,9,13,15,22,32H,4,8,10-12H2,1-2H3,(H2,28,29,35,36). The second-order valence-corrected chi connectivity index (χ2v) is 10.1. The summed E-state index contributed by atoms with van der Waals surface area (Å²) >= 11 is 0. The van der Waals surface area contributed by atoms with Crippen LogP contribution in [0.3, 0.4) is 0 Å². The van der Waals surface area contributed by atoms with Gasteiger partial charge in [-0.1, -0.05) is 13.0 Å². The number of ether oxygens (including phenoxy) is 2. The van der Waals surface area contributed by atoms with E-state index in [-0.39, 0.29) is 37.6 Å². The van der Waals surface area contributed by atoms with Crippen molar-refractivity contribution < 1.29 is 33.8 Å². The zero-order valence-electron chi connectivity index (χ0n) is 20.9. The van der Waals surface area contributed by atoms with Crippen LogP contribution in [0.25, 0.3) is 0 Å². The van der Waals surface area contributed by atoms with Crippen molar-refractivity contribution >= 4 is 29.6 Å². The molecule has 12 nitrogen and oxygen atoms in total. The zero-order chi connectivity index (χ0) is 26.8. The Morgan fingerprint density at radius 2 is 2.03 bits per heavy atom. The van der Waals surface area contributed by atoms with Gasteiger partial charge in [0, 0.05) is 24.4 Å². The SMILES string of the molecule is COc1ccc2c(c1)C(=O)N(CC1(C3Oc4ccc(N5C(=O)CCC5CO)nc4C3C)NC(=O)NC1=O)C2. The Labute approximate surface area is 217 Å². The van der Waals surface area contributed by atoms with Gasteiger partial charge < -0.3 is 24.8 Å². The molecule has 38 heavy (non-hydrogen) atoms. The first kappa shape index (κ1) is 24.2. The van der Waals surface area contributed by atoms with Crippen molar-refractivity contribution in [3.05, 3.63) is 47.2 Å². The molecule has 0 spiro atoms. The van der Waals surface area contributed by atoms with E-state index < -0.39 is 29.5 Å². The van der Waals surface area contributed by atoms with E-state index in [0.29, 0.717) is 41.4 Å². The van der Waals surface area contributed by atoms with Gasteiger partial charge in [0.15, 0.2) is 5.54 Å². The molecule has 2 aromatic rings. The molecular formula is C26H27N5O7. The number of methoxy groups -OCH3 is 1. The normalized spacial score (nSPS) is 27.8. The minimum Gasteiger partial charge on any atom is -0.497 e. The number of pyridine rings is 1. The number of hydrogen-bond acceptors (Lipinski definition) is 8. The van der Waals surface area contributed by atoms with Crippen molar-refractivity contribution in [3.8, 4) is 11.5 Å². The van der Waals surface area contributed by atoms with Crippen molar-refractivity contribution in [1.82, 2.24) is 20.5 Å². The molecule has 1 aromatic heterocycles. The number of anilines is 1. The second kappa shape index (κ2) is 8.69. The highest BCUT2D eigenvalue weighted by Gasteiger charge is 2.59. The van der Waals surface area contributed by atoms with Crippen molar-refractivity contribution in [2.24, 2.45) is 0 Å². The maximum atomic E-state index is 13.3. The summed E-state index contributed by atoms with van der Waals surface area (Å²) in [6, 6.07) is 7.54. The van der Waals surface area contributed by atoms with Gasteiger partial charge in [-0.05, 0) is 36.2 Å². The topological polar surface area (TPSA) is 150 Å². The largest absolute Gasteiger partial charge is 0.497 e. The fourth-order valence-corrected chi connectivity index (χ4v) is 5.95. The first-order chi connectivity index (χ1) is 18.3. The summed E-state index contributed by atoms with van der Waals surface area (Å²) in [6.07, 6.45) is -0.0110. The van der Waals surface area contributed by atoms with E-state index in [4.69, 9.17) is 14.5 Å². The summed E-state index contributed by atoms with van der Waals surface area (Å²) in [5.41, 5.74) is 0.223. The molecule has 2 fully saturated rings. The molecule has 3 N–H and O–H groups in total. The van der Waals surface area contributed by atoms with E-state index in [2.05, 4.69) is 10.6 Å². The maximum Gasteiger partial charge on any atom is 0.322 e. The summed E-state index contributed by atoms with van der Waals surface area (Å²) < 4.78 is 11.5. The summed E-state index contributed by atoms with van der Waals surface area (Å²) in [7, 11) is 1.52. The van der Waals surface area contributed by atoms with Gasteiger partial charge in [0.25, 0.3) is 11.8 Å². The number of carbonyl (C=O) groups excluding carboxylic acids is 4. The third-order valence-corrected chi connectivity index (χ3v) is 7.88. The first-order valence-corrected chi connectivity index (χ1v) is 12.5. The Kier molecular flexibility index (Phi) is 5.53. The van der Waals surface area contributed by atoms with E-state index >= 15 is 0 Å². The number of imide groups is 1. The number of nitrogens with zero attached hydrogens (tertiary/aromatic N) is 3. The molecule has 4 aliphatic heterocycles. The van der Waals surface area contributed by atoms with Crippen molar-refractivity contribution in [2.45, 2.75) is 49.9 Å². The highest BCUT2D eigenvalue weighted by Crippen LogP contribution is 2.44. The number of aromatic nitrogens is 1. The monoisotopic (exact) mass is 521 g/mol. The van der Waals surface area contributed by atoms with E-state index in [1.807, 2.05) is 6.92 Å². The van der Waals surface area contributed by atoms with Crippen molar-refractivity contribution in [3.63, 3.8) is 0 Å². The Morgan fingerprint density at radius 1 is 1.21 bits per heavy atom. The Bertz CT molecular complexity index is 1380. The molecule has 0 bridgehead atoms. The maximum absolute atomic E-state index is 13.3. The van der Waals surface area contributed by atoms with Gasteiger partial charge >= 0.3 is 6.03 Å². The quantitative estimate of drug-likeness (QED) is 0.470. The highest BCUT2D eigenvalue weighted by molar-refractivity contribution is 6.08. The van der Waals surface area contributed by atoms with Crippen LogP contribution in [0.5, 0.6) is 11.5 Å². The fourth-order valence-electron chi connectivity index (χ4n) is 5.95. The zero-order valence-corrected chi connectivity index (χ0v) is 20.9. The molecule has 5 heterocycles. The molecule has 6 rings (SSSR count). The van der Waals surface area contributed by atoms with Gasteiger partial charge in [0.05, 0.1) is 32.0 Å². The van der Waals surface area contributed by atoms with Crippen molar-refractivity contribution in [1.29, 1.82) is 0 Å². The molecule has 4 aliphatic rings. The van der Waals surface area contributed by atoms with Gasteiger partial charge in [0.1, 0.15) is 23.4 Å². The van der Waals surface area contributed by atoms with Crippen molar-refractivity contribution in [2.75, 3.05) is 25.2 Å². The van der Waals surface area contributed by atoms with Gasteiger partial charge in [0.2, 0.25) is 5.91 Å². The van der Waals surface area contributed by atoms with Crippen LogP contribution < -0.4 is 25.0 Å². The smallest absolute Gasteiger partial charge is 0.322 e. The van der Waals surface area contributed by atoms with Gasteiger partial charge in [-0.2, -0.15) is 0 Å². The number of urea groups is 1. The average molecular weight is 522 g/mol. The Morgan fingerprint density at radius 3 is 2.74 bits per heavy atom. The number of carbonyl (C=O) groups is 4. The lowest BCUT2D eigenvalue weighted by Gasteiger charge is -2.36. The van der Waals surface area contributed by atoms with Crippen LogP contribution in [-0.2, 0) is 16.1 Å². The number of benzene rings is 1. The Hall–Kier alpha value is -4.19. The van der Waals surface area contributed by atoms with E-state index in [0.717, 1.165) is 5.56 Å². The molecule has 4 atom stereocenters. The molecule has 1 aromatic carbocycles. The van der Waals surface area contributed by atoms with Gasteiger partial charge in [-0.3, -0.25) is 24.6 Å². The molecule has 12 heteroatoms. The molecule has 2 saturated heterocycles. The van der Waals surface area contributed by atoms with Crippen LogP contribution in [0.15, 0.2) is 30.3 Å². The number of fused-ring (bicyclic) bond motifs is 2. The van der Waals surface area contributed by atoms with Crippen LogP contribution >= 0.6 is 0 Å². The lowest BCUT2D eigenvalue weighted by molar-refractivity contribution is -0.128. The Balaban J connectivity index is 1.32. The summed E-state index contributed by atoms with van der Waals surface area (Å²) in [5.74, 6) is -0.100. The molecule has 4 unspecified atom stereocenters. The lowest BCUT2D eigenvalue weighted by Crippen LogP contribution is -2.64. The van der Waals surface area contributed by atoms with Gasteiger partial charge in [-0.15, -0.1) is 0 Å². The number of aliphatic hydroxyl groups excluding tert-OH is 1. The number of aliphatic hydroxyl groups is 1. The molecule has 0 aliphatic carbocycles. The average Bonchev–Trinajstić information content (AvgIpc) is 3.62. The third kappa shape index (κ3) is 3.51. The van der Waals surface area contributed by atoms with Crippen LogP contribution in [0.1, 0.15) is 47.3 Å². The number of amides is 5. The predicted molar refractivity (Wildman–Crippen MR) is 132 cm³/mol. The van der Waals surface area contributed by atoms with Crippen LogP contribution in [0, 0.1) is 0 Å². The number of hydrogen-bond donors (Lipinski definition) is 3. The summed E-state index contributed by atoms with van der Waals surface area (Å²) in [5, 5.41) is 14.8. The van der Waals surface area contributed by atoms with Crippen LogP contribution in [-0.4, -0.2) is 76.7 Å². The highest BCUT2D eigenvalue weighted by atomic mass is 16.5. The summed E-state index contributed by atoms with van der Waals surface area (Å²) in [4.78, 5) is 59.2. The lowest BCUT2D eigenvalue weighted by atomic mass is 9.83. The molecule has 198 valence electrons. The van der Waals surface area contributed by atoms with Crippen LogP contribution in [0.4, 0.5) is 10.6 Å². The predicted octanol–water partition coefficient (Wildman–Crippen LogP) is 0.677. The molecule has 0 saturated carbocycles. The summed E-state index contributed by atoms with van der Waals surface area (Å²) in [6.45, 7) is 1.80. The molecular weight excluding hydrogens is 494 g/mol. The first-order valence-electron chi connectivity index (χ1n) is 12.5.